The Balaban J connectivity index is 1.72. The van der Waals surface area contributed by atoms with Crippen LogP contribution < -0.4 is 0 Å². The van der Waals surface area contributed by atoms with Crippen LogP contribution in [0.15, 0.2) is 11.6 Å². The van der Waals surface area contributed by atoms with Crippen LogP contribution in [0.4, 0.5) is 0 Å². The Bertz CT molecular complexity index is 615. The standard InChI is InChI=1S/C22H34O3/c1-13-11-14-12-15(23)7-9-20(14,2)17-8-10-21(3)16(19(13)17)5-6-18(21)22(4,24)25/h11,13,16-19,24-25H,5-10,12H2,1-4H3/t13-,16+,17+,18+,19+,20+,21+/m1/s1. The summed E-state index contributed by atoms with van der Waals surface area (Å²) in [4.78, 5) is 12.0. The van der Waals surface area contributed by atoms with Gasteiger partial charge in [-0.15, -0.1) is 0 Å². The van der Waals surface area contributed by atoms with Gasteiger partial charge in [0.05, 0.1) is 0 Å². The van der Waals surface area contributed by atoms with Gasteiger partial charge in [0.1, 0.15) is 5.78 Å². The number of rotatable bonds is 1. The lowest BCUT2D eigenvalue weighted by molar-refractivity contribution is -0.219. The molecule has 0 aliphatic heterocycles. The van der Waals surface area contributed by atoms with E-state index in [2.05, 4.69) is 26.8 Å². The molecule has 0 saturated heterocycles. The minimum Gasteiger partial charge on any atom is -0.366 e. The van der Waals surface area contributed by atoms with Crippen molar-refractivity contribution in [2.75, 3.05) is 0 Å². The number of carbonyl (C=O) groups is 1. The minimum atomic E-state index is -1.57. The third-order valence-corrected chi connectivity index (χ3v) is 8.93. The highest BCUT2D eigenvalue weighted by Gasteiger charge is 2.62. The van der Waals surface area contributed by atoms with Crippen LogP contribution in [0.25, 0.3) is 0 Å². The average molecular weight is 347 g/mol. The summed E-state index contributed by atoms with van der Waals surface area (Å²) in [7, 11) is 0. The van der Waals surface area contributed by atoms with E-state index in [1.54, 1.807) is 6.92 Å². The summed E-state index contributed by atoms with van der Waals surface area (Å²) in [6.07, 6.45) is 9.13. The number of carbonyl (C=O) groups excluding carboxylic acids is 1. The lowest BCUT2D eigenvalue weighted by atomic mass is 9.45. The fourth-order valence-corrected chi connectivity index (χ4v) is 7.73. The van der Waals surface area contributed by atoms with Gasteiger partial charge in [-0.05, 0) is 73.5 Å². The van der Waals surface area contributed by atoms with E-state index in [0.29, 0.717) is 35.9 Å². The molecule has 0 spiro atoms. The van der Waals surface area contributed by atoms with Crippen molar-refractivity contribution in [3.05, 3.63) is 11.6 Å². The van der Waals surface area contributed by atoms with Gasteiger partial charge in [0.15, 0.2) is 5.79 Å². The Morgan fingerprint density at radius 2 is 1.84 bits per heavy atom. The maximum absolute atomic E-state index is 12.0. The average Bonchev–Trinajstić information content (AvgIpc) is 2.86. The summed E-state index contributed by atoms with van der Waals surface area (Å²) in [5.41, 5.74) is 1.62. The van der Waals surface area contributed by atoms with Crippen LogP contribution in [-0.2, 0) is 4.79 Å². The highest BCUT2D eigenvalue weighted by molar-refractivity contribution is 5.82. The first-order valence-electron chi connectivity index (χ1n) is 10.2. The van der Waals surface area contributed by atoms with Gasteiger partial charge in [0.2, 0.25) is 0 Å². The van der Waals surface area contributed by atoms with E-state index in [0.717, 1.165) is 38.5 Å². The largest absolute Gasteiger partial charge is 0.366 e. The highest BCUT2D eigenvalue weighted by Crippen LogP contribution is 2.68. The molecular weight excluding hydrogens is 312 g/mol. The van der Waals surface area contributed by atoms with Crippen LogP contribution >= 0.6 is 0 Å². The van der Waals surface area contributed by atoms with Crippen molar-refractivity contribution in [3.63, 3.8) is 0 Å². The molecule has 0 aromatic carbocycles. The molecule has 140 valence electrons. The van der Waals surface area contributed by atoms with Gasteiger partial charge in [-0.1, -0.05) is 32.4 Å². The molecule has 0 aromatic rings. The monoisotopic (exact) mass is 346 g/mol. The van der Waals surface area contributed by atoms with E-state index >= 15 is 0 Å². The number of aliphatic hydroxyl groups is 2. The van der Waals surface area contributed by atoms with Crippen LogP contribution in [0.3, 0.4) is 0 Å². The third-order valence-electron chi connectivity index (χ3n) is 8.93. The van der Waals surface area contributed by atoms with Gasteiger partial charge in [-0.2, -0.15) is 0 Å². The van der Waals surface area contributed by atoms with Gasteiger partial charge < -0.3 is 10.2 Å². The summed E-state index contributed by atoms with van der Waals surface area (Å²) >= 11 is 0. The molecular formula is C22H34O3. The molecule has 3 nitrogen and oxygen atoms in total. The highest BCUT2D eigenvalue weighted by atomic mass is 16.5. The molecule has 0 bridgehead atoms. The maximum Gasteiger partial charge on any atom is 0.163 e. The molecule has 0 radical (unpaired) electrons. The van der Waals surface area contributed by atoms with Crippen molar-refractivity contribution in [3.8, 4) is 0 Å². The molecule has 0 heterocycles. The lowest BCUT2D eigenvalue weighted by Crippen LogP contribution is -2.54. The van der Waals surface area contributed by atoms with Crippen molar-refractivity contribution in [1.82, 2.24) is 0 Å². The fourth-order valence-electron chi connectivity index (χ4n) is 7.73. The number of ketones is 1. The molecule has 3 saturated carbocycles. The van der Waals surface area contributed by atoms with Gasteiger partial charge in [0.25, 0.3) is 0 Å². The molecule has 4 aliphatic carbocycles. The normalized spacial score (nSPS) is 49.9. The van der Waals surface area contributed by atoms with Gasteiger partial charge in [-0.3, -0.25) is 4.79 Å². The van der Waals surface area contributed by atoms with Crippen molar-refractivity contribution in [2.24, 2.45) is 40.4 Å². The van der Waals surface area contributed by atoms with Crippen molar-refractivity contribution in [2.45, 2.75) is 78.4 Å². The second kappa shape index (κ2) is 5.42. The Morgan fingerprint density at radius 3 is 2.52 bits per heavy atom. The SMILES string of the molecule is C[C@@H]1C=C2CC(=O)CC[C@]2(C)[C@H]2CC[C@]3(C)[C@@H](C(C)(O)O)CC[C@H]3[C@H]12. The van der Waals surface area contributed by atoms with Crippen molar-refractivity contribution in [1.29, 1.82) is 0 Å². The maximum atomic E-state index is 12.0. The Labute approximate surface area is 151 Å². The summed E-state index contributed by atoms with van der Waals surface area (Å²) in [5.74, 6) is 1.14. The molecule has 3 fully saturated rings. The van der Waals surface area contributed by atoms with E-state index in [4.69, 9.17) is 0 Å². The second-order valence-electron chi connectivity index (χ2n) is 10.2. The second-order valence-corrected chi connectivity index (χ2v) is 10.2. The first kappa shape index (κ1) is 17.7. The predicted octanol–water partition coefficient (Wildman–Crippen LogP) is 4.08. The molecule has 2 N–H and O–H groups in total. The Morgan fingerprint density at radius 1 is 1.12 bits per heavy atom. The van der Waals surface area contributed by atoms with Crippen LogP contribution in [0, 0.1) is 40.4 Å². The van der Waals surface area contributed by atoms with Crippen LogP contribution in [-0.4, -0.2) is 21.8 Å². The zero-order chi connectivity index (χ0) is 18.2. The molecule has 0 unspecified atom stereocenters. The van der Waals surface area contributed by atoms with E-state index in [9.17, 15) is 15.0 Å². The van der Waals surface area contributed by atoms with E-state index in [-0.39, 0.29) is 16.7 Å². The molecule has 7 atom stereocenters. The zero-order valence-electron chi connectivity index (χ0n) is 16.2. The zero-order valence-corrected chi connectivity index (χ0v) is 16.2. The summed E-state index contributed by atoms with van der Waals surface area (Å²) in [6.45, 7) is 8.63. The van der Waals surface area contributed by atoms with Crippen LogP contribution in [0.5, 0.6) is 0 Å². The number of Topliss-reactive ketones (excluding diaryl/α,β-unsaturated/α-hetero) is 1. The number of hydrogen-bond acceptors (Lipinski definition) is 3. The van der Waals surface area contributed by atoms with Crippen molar-refractivity contribution < 1.29 is 15.0 Å². The van der Waals surface area contributed by atoms with Crippen LogP contribution in [0.1, 0.15) is 72.6 Å². The van der Waals surface area contributed by atoms with Crippen molar-refractivity contribution >= 4 is 5.78 Å². The molecule has 3 heteroatoms. The summed E-state index contributed by atoms with van der Waals surface area (Å²) in [5, 5.41) is 20.7. The summed E-state index contributed by atoms with van der Waals surface area (Å²) in [6, 6.07) is 0. The van der Waals surface area contributed by atoms with E-state index < -0.39 is 5.79 Å². The van der Waals surface area contributed by atoms with Crippen LogP contribution in [0.2, 0.25) is 0 Å². The fraction of sp³-hybridized carbons (Fsp3) is 0.864. The molecule has 0 aromatic heterocycles. The summed E-state index contributed by atoms with van der Waals surface area (Å²) < 4.78 is 0. The van der Waals surface area contributed by atoms with E-state index in [1.165, 1.54) is 5.57 Å². The topological polar surface area (TPSA) is 57.5 Å². The number of allylic oxidation sites excluding steroid dienone is 2. The van der Waals surface area contributed by atoms with E-state index in [1.807, 2.05) is 0 Å². The Kier molecular flexibility index (Phi) is 3.84. The first-order chi connectivity index (χ1) is 11.6. The van der Waals surface area contributed by atoms with Gasteiger partial charge >= 0.3 is 0 Å². The molecule has 4 aliphatic rings. The quantitative estimate of drug-likeness (QED) is 0.555. The van der Waals surface area contributed by atoms with Gasteiger partial charge in [-0.25, -0.2) is 0 Å². The lowest BCUT2D eigenvalue weighted by Gasteiger charge is -2.59. The molecule has 25 heavy (non-hydrogen) atoms. The minimum absolute atomic E-state index is 0.0238. The molecule has 0 amide bonds. The smallest absolute Gasteiger partial charge is 0.163 e. The Hall–Kier alpha value is -0.670. The predicted molar refractivity (Wildman–Crippen MR) is 97.6 cm³/mol. The number of hydrogen-bond donors (Lipinski definition) is 2. The number of fused-ring (bicyclic) bond motifs is 5. The first-order valence-corrected chi connectivity index (χ1v) is 10.2. The third kappa shape index (κ3) is 2.41. The van der Waals surface area contributed by atoms with Gasteiger partial charge in [0, 0.05) is 18.8 Å². The molecule has 4 rings (SSSR count).